The lowest BCUT2D eigenvalue weighted by molar-refractivity contribution is -0.140. The smallest absolute Gasteiger partial charge is 0.270 e. The second kappa shape index (κ2) is 12.8. The zero-order chi connectivity index (χ0) is 27.2. The summed E-state index contributed by atoms with van der Waals surface area (Å²) in [5.41, 5.74) is 2.69. The first kappa shape index (κ1) is 28.1. The van der Waals surface area contributed by atoms with Gasteiger partial charge in [-0.1, -0.05) is 37.5 Å². The Hall–Kier alpha value is -2.91. The topological polar surface area (TPSA) is 95.9 Å². The molecule has 1 unspecified atom stereocenters. The molecule has 9 heteroatoms. The Morgan fingerprint density at radius 1 is 1.03 bits per heavy atom. The van der Waals surface area contributed by atoms with E-state index in [1.54, 1.807) is 21.1 Å². The van der Waals surface area contributed by atoms with Crippen molar-refractivity contribution in [3.8, 4) is 0 Å². The number of hydrogen-bond acceptors (Lipinski definition) is 5. The summed E-state index contributed by atoms with van der Waals surface area (Å²) >= 11 is 0. The van der Waals surface area contributed by atoms with E-state index in [0.29, 0.717) is 45.0 Å². The molecule has 0 spiro atoms. The molecular formula is C29H43N5O4. The zero-order valence-electron chi connectivity index (χ0n) is 23.3. The maximum absolute atomic E-state index is 13.8. The van der Waals surface area contributed by atoms with Crippen LogP contribution in [0.5, 0.6) is 0 Å². The van der Waals surface area contributed by atoms with E-state index >= 15 is 0 Å². The molecule has 1 aromatic heterocycles. The average Bonchev–Trinajstić information content (AvgIpc) is 3.25. The van der Waals surface area contributed by atoms with E-state index in [1.807, 2.05) is 34.9 Å². The van der Waals surface area contributed by atoms with Gasteiger partial charge in [-0.05, 0) is 51.3 Å². The molecule has 2 aliphatic rings. The van der Waals surface area contributed by atoms with Gasteiger partial charge >= 0.3 is 0 Å². The van der Waals surface area contributed by atoms with E-state index in [0.717, 1.165) is 42.1 Å². The number of piperazine rings is 1. The molecule has 0 bridgehead atoms. The molecule has 1 saturated carbocycles. The van der Waals surface area contributed by atoms with Crippen molar-refractivity contribution in [3.63, 3.8) is 0 Å². The van der Waals surface area contributed by atoms with E-state index < -0.39 is 6.04 Å². The SMILES string of the molecule is CN[C@@H](C)C(=O)NC(C(=O)N1CCN(C(=O)c2c(C)c3ccccc3n2CCOC)CC1)C1CCCCC1. The van der Waals surface area contributed by atoms with Crippen LogP contribution >= 0.6 is 0 Å². The van der Waals surface area contributed by atoms with E-state index in [-0.39, 0.29) is 29.7 Å². The molecule has 2 fully saturated rings. The van der Waals surface area contributed by atoms with Crippen LogP contribution in [-0.2, 0) is 20.9 Å². The van der Waals surface area contributed by atoms with Crippen LogP contribution in [0, 0.1) is 12.8 Å². The predicted molar refractivity (Wildman–Crippen MR) is 148 cm³/mol. The standard InChI is InChI=1S/C29H43N5O4/c1-20-23-12-8-9-13-24(23)34(18-19-38-4)26(20)29(37)33-16-14-32(15-17-33)28(36)25(22-10-6-5-7-11-22)31-27(35)21(2)30-3/h8-9,12-13,21-22,25,30H,5-7,10-11,14-19H2,1-4H3,(H,31,35)/t21-,25?/m0/s1. The largest absolute Gasteiger partial charge is 0.383 e. The number of likely N-dealkylation sites (N-methyl/N-ethyl adjacent to an activating group) is 1. The monoisotopic (exact) mass is 525 g/mol. The number of nitrogens with one attached hydrogen (secondary N) is 2. The lowest BCUT2D eigenvalue weighted by Crippen LogP contribution is -2.59. The molecule has 1 aromatic carbocycles. The third-order valence-corrected chi connectivity index (χ3v) is 8.34. The number of methoxy groups -OCH3 is 1. The minimum atomic E-state index is -0.514. The van der Waals surface area contributed by atoms with Gasteiger partial charge in [0, 0.05) is 50.7 Å². The minimum absolute atomic E-state index is 0.0121. The van der Waals surface area contributed by atoms with Crippen molar-refractivity contribution >= 4 is 28.6 Å². The highest BCUT2D eigenvalue weighted by molar-refractivity contribution is 6.01. The molecule has 38 heavy (non-hydrogen) atoms. The molecule has 2 aromatic rings. The highest BCUT2D eigenvalue weighted by Crippen LogP contribution is 2.29. The van der Waals surface area contributed by atoms with Crippen molar-refractivity contribution in [2.24, 2.45) is 5.92 Å². The highest BCUT2D eigenvalue weighted by Gasteiger charge is 2.36. The van der Waals surface area contributed by atoms with Crippen molar-refractivity contribution in [2.75, 3.05) is 46.9 Å². The molecule has 2 N–H and O–H groups in total. The Morgan fingerprint density at radius 2 is 1.68 bits per heavy atom. The van der Waals surface area contributed by atoms with Crippen molar-refractivity contribution in [1.29, 1.82) is 0 Å². The zero-order valence-corrected chi connectivity index (χ0v) is 23.3. The predicted octanol–water partition coefficient (Wildman–Crippen LogP) is 2.55. The highest BCUT2D eigenvalue weighted by atomic mass is 16.5. The van der Waals surface area contributed by atoms with Gasteiger partial charge < -0.3 is 29.7 Å². The van der Waals surface area contributed by atoms with Crippen LogP contribution in [0.25, 0.3) is 10.9 Å². The van der Waals surface area contributed by atoms with E-state index in [2.05, 4.69) is 21.3 Å². The van der Waals surface area contributed by atoms with Crippen LogP contribution in [0.4, 0.5) is 0 Å². The summed E-state index contributed by atoms with van der Waals surface area (Å²) in [6.07, 6.45) is 5.26. The summed E-state index contributed by atoms with van der Waals surface area (Å²) in [6, 6.07) is 7.20. The Labute approximate surface area is 225 Å². The fourth-order valence-corrected chi connectivity index (χ4v) is 5.90. The molecule has 2 heterocycles. The van der Waals surface area contributed by atoms with Crippen LogP contribution in [-0.4, -0.2) is 91.1 Å². The van der Waals surface area contributed by atoms with E-state index in [4.69, 9.17) is 4.74 Å². The number of aryl methyl sites for hydroxylation is 1. The number of nitrogens with zero attached hydrogens (tertiary/aromatic N) is 3. The van der Waals surface area contributed by atoms with Gasteiger partial charge in [0.25, 0.3) is 5.91 Å². The van der Waals surface area contributed by atoms with Gasteiger partial charge in [0.2, 0.25) is 11.8 Å². The third kappa shape index (κ3) is 5.89. The summed E-state index contributed by atoms with van der Waals surface area (Å²) in [5.74, 6) is -0.0272. The van der Waals surface area contributed by atoms with E-state index in [1.165, 1.54) is 6.42 Å². The Bertz CT molecular complexity index is 1130. The van der Waals surface area contributed by atoms with Crippen molar-refractivity contribution in [3.05, 3.63) is 35.5 Å². The van der Waals surface area contributed by atoms with Crippen molar-refractivity contribution in [1.82, 2.24) is 25.0 Å². The number of amides is 3. The number of benzene rings is 1. The number of hydrogen-bond donors (Lipinski definition) is 2. The second-order valence-corrected chi connectivity index (χ2v) is 10.6. The minimum Gasteiger partial charge on any atom is -0.383 e. The molecular weight excluding hydrogens is 482 g/mol. The van der Waals surface area contributed by atoms with Gasteiger partial charge in [0.1, 0.15) is 11.7 Å². The molecule has 2 atom stereocenters. The van der Waals surface area contributed by atoms with Gasteiger partial charge in [0.15, 0.2) is 0 Å². The van der Waals surface area contributed by atoms with Gasteiger partial charge in [-0.2, -0.15) is 0 Å². The van der Waals surface area contributed by atoms with Crippen LogP contribution in [0.1, 0.15) is 55.1 Å². The average molecular weight is 526 g/mol. The molecule has 0 radical (unpaired) electrons. The fourth-order valence-electron chi connectivity index (χ4n) is 5.90. The third-order valence-electron chi connectivity index (χ3n) is 8.34. The Balaban J connectivity index is 1.48. The molecule has 1 aliphatic heterocycles. The number of carbonyl (C=O) groups excluding carboxylic acids is 3. The van der Waals surface area contributed by atoms with Crippen LogP contribution in [0.3, 0.4) is 0 Å². The first-order valence-electron chi connectivity index (χ1n) is 14.0. The van der Waals surface area contributed by atoms with Gasteiger partial charge in [0.05, 0.1) is 12.6 Å². The molecule has 4 rings (SSSR count). The van der Waals surface area contributed by atoms with Crippen LogP contribution in [0.15, 0.2) is 24.3 Å². The maximum Gasteiger partial charge on any atom is 0.270 e. The number of para-hydroxylation sites is 1. The van der Waals surface area contributed by atoms with Gasteiger partial charge in [-0.25, -0.2) is 0 Å². The summed E-state index contributed by atoms with van der Waals surface area (Å²) in [5, 5.41) is 7.09. The van der Waals surface area contributed by atoms with Crippen LogP contribution in [0.2, 0.25) is 0 Å². The number of ether oxygens (including phenoxy) is 1. The summed E-state index contributed by atoms with van der Waals surface area (Å²) in [6.45, 7) is 6.77. The molecule has 3 amide bonds. The first-order chi connectivity index (χ1) is 18.4. The van der Waals surface area contributed by atoms with Gasteiger partial charge in [-0.3, -0.25) is 14.4 Å². The first-order valence-corrected chi connectivity index (χ1v) is 14.0. The lowest BCUT2D eigenvalue weighted by atomic mass is 9.83. The molecule has 1 saturated heterocycles. The number of carbonyl (C=O) groups is 3. The summed E-state index contributed by atoms with van der Waals surface area (Å²) in [7, 11) is 3.41. The van der Waals surface area contributed by atoms with Crippen molar-refractivity contribution in [2.45, 2.75) is 64.6 Å². The maximum atomic E-state index is 13.8. The van der Waals surface area contributed by atoms with Gasteiger partial charge in [-0.15, -0.1) is 0 Å². The quantitative estimate of drug-likeness (QED) is 0.525. The molecule has 1 aliphatic carbocycles. The number of rotatable bonds is 9. The molecule has 208 valence electrons. The normalized spacial score (nSPS) is 18.4. The summed E-state index contributed by atoms with van der Waals surface area (Å²) in [4.78, 5) is 43.9. The lowest BCUT2D eigenvalue weighted by Gasteiger charge is -2.39. The molecule has 9 nitrogen and oxygen atoms in total. The van der Waals surface area contributed by atoms with E-state index in [9.17, 15) is 14.4 Å². The Morgan fingerprint density at radius 3 is 2.34 bits per heavy atom. The fraction of sp³-hybridized carbons (Fsp3) is 0.621. The second-order valence-electron chi connectivity index (χ2n) is 10.6. The van der Waals surface area contributed by atoms with Crippen molar-refractivity contribution < 1.29 is 19.1 Å². The number of fused-ring (bicyclic) bond motifs is 1. The Kier molecular flexibility index (Phi) is 9.44. The van der Waals surface area contributed by atoms with Crippen LogP contribution < -0.4 is 10.6 Å². The number of aromatic nitrogens is 1. The summed E-state index contributed by atoms with van der Waals surface area (Å²) < 4.78 is 7.38.